The van der Waals surface area contributed by atoms with E-state index < -0.39 is 9.84 Å². The number of nitrogens with one attached hydrogen (secondary N) is 1. The van der Waals surface area contributed by atoms with E-state index in [0.29, 0.717) is 16.4 Å². The number of rotatable bonds is 5. The molecular formula is C12H20N4O3S2. The summed E-state index contributed by atoms with van der Waals surface area (Å²) in [7, 11) is -1.12. The minimum atomic E-state index is -3.02. The Morgan fingerprint density at radius 2 is 2.29 bits per heavy atom. The lowest BCUT2D eigenvalue weighted by atomic mass is 10.2. The topological polar surface area (TPSA) is 105 Å². The highest BCUT2D eigenvalue weighted by atomic mass is 32.2. The fourth-order valence-corrected chi connectivity index (χ4v) is 4.79. The van der Waals surface area contributed by atoms with E-state index in [-0.39, 0.29) is 29.3 Å². The van der Waals surface area contributed by atoms with Gasteiger partial charge >= 0.3 is 0 Å². The first-order valence-corrected chi connectivity index (χ1v) is 9.45. The van der Waals surface area contributed by atoms with Crippen molar-refractivity contribution in [2.45, 2.75) is 25.8 Å². The van der Waals surface area contributed by atoms with E-state index in [0.717, 1.165) is 13.0 Å². The third-order valence-electron chi connectivity index (χ3n) is 3.30. The van der Waals surface area contributed by atoms with Crippen molar-refractivity contribution in [1.82, 2.24) is 10.3 Å². The second-order valence-corrected chi connectivity index (χ2v) is 8.41. The molecule has 2 rings (SSSR count). The maximum Gasteiger partial charge on any atom is 0.265 e. The molecule has 1 aliphatic heterocycles. The van der Waals surface area contributed by atoms with Crippen LogP contribution in [0.1, 0.15) is 29.4 Å². The van der Waals surface area contributed by atoms with E-state index in [9.17, 15) is 13.2 Å². The summed E-state index contributed by atoms with van der Waals surface area (Å²) in [6, 6.07) is -0.333. The Morgan fingerprint density at radius 3 is 2.86 bits per heavy atom. The van der Waals surface area contributed by atoms with E-state index in [1.165, 1.54) is 11.3 Å². The molecule has 1 saturated heterocycles. The summed E-state index contributed by atoms with van der Waals surface area (Å²) in [5, 5.41) is 3.42. The molecule has 1 aromatic heterocycles. The standard InChI is InChI=1S/C12H20N4O3S2/c1-3-5-16(2)12-15-10(13)9(20-12)11(17)14-8-4-6-21(18,19)7-8/h8H,3-7,13H2,1-2H3,(H,14,17). The minimum absolute atomic E-state index is 0.0000429. The number of nitrogens with two attached hydrogens (primary N) is 1. The first kappa shape index (κ1) is 16.0. The number of carbonyl (C=O) groups excluding carboxylic acids is 1. The van der Waals surface area contributed by atoms with E-state index >= 15 is 0 Å². The van der Waals surface area contributed by atoms with Crippen molar-refractivity contribution in [3.8, 4) is 0 Å². The molecule has 0 bridgehead atoms. The molecule has 2 heterocycles. The summed E-state index contributed by atoms with van der Waals surface area (Å²) < 4.78 is 22.8. The molecule has 0 spiro atoms. The van der Waals surface area contributed by atoms with Crippen molar-refractivity contribution in [1.29, 1.82) is 0 Å². The lowest BCUT2D eigenvalue weighted by Crippen LogP contribution is -2.35. The van der Waals surface area contributed by atoms with Gasteiger partial charge in [-0.3, -0.25) is 4.79 Å². The minimum Gasteiger partial charge on any atom is -0.382 e. The normalized spacial score (nSPS) is 20.4. The Balaban J connectivity index is 2.06. The van der Waals surface area contributed by atoms with Gasteiger partial charge < -0.3 is 16.0 Å². The summed E-state index contributed by atoms with van der Waals surface area (Å²) >= 11 is 1.23. The Hall–Kier alpha value is -1.35. The van der Waals surface area contributed by atoms with Crippen LogP contribution < -0.4 is 16.0 Å². The number of amides is 1. The van der Waals surface area contributed by atoms with Gasteiger partial charge in [-0.05, 0) is 12.8 Å². The first-order chi connectivity index (χ1) is 9.82. The fraction of sp³-hybridized carbons (Fsp3) is 0.667. The number of nitrogen functional groups attached to an aromatic ring is 1. The quantitative estimate of drug-likeness (QED) is 0.813. The van der Waals surface area contributed by atoms with Gasteiger partial charge in [-0.2, -0.15) is 0 Å². The summed E-state index contributed by atoms with van der Waals surface area (Å²) in [5.41, 5.74) is 5.80. The lowest BCUT2D eigenvalue weighted by Gasteiger charge is -2.13. The first-order valence-electron chi connectivity index (χ1n) is 6.81. The van der Waals surface area contributed by atoms with Crippen LogP contribution in [0.25, 0.3) is 0 Å². The second kappa shape index (κ2) is 6.18. The zero-order chi connectivity index (χ0) is 15.6. The highest BCUT2D eigenvalue weighted by molar-refractivity contribution is 7.91. The zero-order valence-electron chi connectivity index (χ0n) is 12.1. The molecule has 0 saturated carbocycles. The smallest absolute Gasteiger partial charge is 0.265 e. The summed E-state index contributed by atoms with van der Waals surface area (Å²) in [5.74, 6) is -0.0275. The van der Waals surface area contributed by atoms with Crippen LogP contribution in [0.2, 0.25) is 0 Å². The summed E-state index contributed by atoms with van der Waals surface area (Å²) in [6.45, 7) is 2.89. The maximum atomic E-state index is 12.2. The Kier molecular flexibility index (Phi) is 4.72. The monoisotopic (exact) mass is 332 g/mol. The van der Waals surface area contributed by atoms with Crippen molar-refractivity contribution >= 4 is 38.0 Å². The van der Waals surface area contributed by atoms with E-state index in [2.05, 4.69) is 17.2 Å². The SMILES string of the molecule is CCCN(C)c1nc(N)c(C(=O)NC2CCS(=O)(=O)C2)s1. The molecule has 0 aliphatic carbocycles. The number of hydrogen-bond acceptors (Lipinski definition) is 7. The number of aromatic nitrogens is 1. The molecule has 1 atom stereocenters. The number of sulfone groups is 1. The predicted octanol–water partition coefficient (Wildman–Crippen LogP) is 0.488. The molecule has 0 radical (unpaired) electrons. The molecule has 7 nitrogen and oxygen atoms in total. The third kappa shape index (κ3) is 3.85. The molecule has 118 valence electrons. The van der Waals surface area contributed by atoms with Gasteiger partial charge in [0.1, 0.15) is 10.7 Å². The molecule has 21 heavy (non-hydrogen) atoms. The van der Waals surface area contributed by atoms with Crippen LogP contribution in [0, 0.1) is 0 Å². The van der Waals surface area contributed by atoms with Crippen LogP contribution >= 0.6 is 11.3 Å². The molecule has 3 N–H and O–H groups in total. The van der Waals surface area contributed by atoms with Gasteiger partial charge in [0.15, 0.2) is 15.0 Å². The molecule has 9 heteroatoms. The number of hydrogen-bond donors (Lipinski definition) is 2. The van der Waals surface area contributed by atoms with Crippen molar-refractivity contribution in [3.63, 3.8) is 0 Å². The molecule has 0 aromatic carbocycles. The molecular weight excluding hydrogens is 312 g/mol. The van der Waals surface area contributed by atoms with Crippen LogP contribution in [-0.4, -0.2) is 50.4 Å². The van der Waals surface area contributed by atoms with E-state index in [1.54, 1.807) is 0 Å². The molecule has 1 fully saturated rings. The average Bonchev–Trinajstić information content (AvgIpc) is 2.93. The molecule has 1 amide bonds. The maximum absolute atomic E-state index is 12.2. The van der Waals surface area contributed by atoms with Crippen LogP contribution in [0.3, 0.4) is 0 Å². The predicted molar refractivity (Wildman–Crippen MR) is 84.6 cm³/mol. The van der Waals surface area contributed by atoms with Crippen LogP contribution in [-0.2, 0) is 9.84 Å². The third-order valence-corrected chi connectivity index (χ3v) is 6.25. The van der Waals surface area contributed by atoms with Crippen molar-refractivity contribution in [2.24, 2.45) is 0 Å². The molecule has 1 aliphatic rings. The second-order valence-electron chi connectivity index (χ2n) is 5.21. The number of thiazole rings is 1. The van der Waals surface area contributed by atoms with Gasteiger partial charge in [0.2, 0.25) is 0 Å². The van der Waals surface area contributed by atoms with Gasteiger partial charge in [0, 0.05) is 19.6 Å². The highest BCUT2D eigenvalue weighted by Gasteiger charge is 2.30. The number of carbonyl (C=O) groups is 1. The van der Waals surface area contributed by atoms with Gasteiger partial charge in [0.05, 0.1) is 11.5 Å². The van der Waals surface area contributed by atoms with Crippen LogP contribution in [0.15, 0.2) is 0 Å². The van der Waals surface area contributed by atoms with Crippen molar-refractivity contribution < 1.29 is 13.2 Å². The lowest BCUT2D eigenvalue weighted by molar-refractivity contribution is 0.0946. The number of nitrogens with zero attached hydrogens (tertiary/aromatic N) is 2. The average molecular weight is 332 g/mol. The van der Waals surface area contributed by atoms with Crippen molar-refractivity contribution in [2.75, 3.05) is 35.7 Å². The fourth-order valence-electron chi connectivity index (χ4n) is 2.24. The van der Waals surface area contributed by atoms with Gasteiger partial charge in [-0.15, -0.1) is 0 Å². The van der Waals surface area contributed by atoms with Gasteiger partial charge in [-0.25, -0.2) is 13.4 Å². The Bertz CT molecular complexity index is 626. The van der Waals surface area contributed by atoms with E-state index in [4.69, 9.17) is 5.73 Å². The van der Waals surface area contributed by atoms with Gasteiger partial charge in [0.25, 0.3) is 5.91 Å². The summed E-state index contributed by atoms with van der Waals surface area (Å²) in [4.78, 5) is 18.7. The zero-order valence-corrected chi connectivity index (χ0v) is 13.8. The molecule has 1 aromatic rings. The highest BCUT2D eigenvalue weighted by Crippen LogP contribution is 2.27. The number of anilines is 2. The largest absolute Gasteiger partial charge is 0.382 e. The van der Waals surface area contributed by atoms with E-state index in [1.807, 2.05) is 11.9 Å². The van der Waals surface area contributed by atoms with Crippen LogP contribution in [0.4, 0.5) is 10.9 Å². The van der Waals surface area contributed by atoms with Crippen molar-refractivity contribution in [3.05, 3.63) is 4.88 Å². The Labute approximate surface area is 128 Å². The van der Waals surface area contributed by atoms with Crippen LogP contribution in [0.5, 0.6) is 0 Å². The summed E-state index contributed by atoms with van der Waals surface area (Å²) in [6.07, 6.45) is 1.42. The Morgan fingerprint density at radius 1 is 1.57 bits per heavy atom. The van der Waals surface area contributed by atoms with Gasteiger partial charge in [-0.1, -0.05) is 18.3 Å². The molecule has 1 unspecified atom stereocenters.